The Morgan fingerprint density at radius 1 is 1.00 bits per heavy atom. The highest BCUT2D eigenvalue weighted by Crippen LogP contribution is 2.44. The Labute approximate surface area is 196 Å². The van der Waals surface area contributed by atoms with E-state index in [0.29, 0.717) is 36.8 Å². The van der Waals surface area contributed by atoms with Crippen LogP contribution in [0.5, 0.6) is 0 Å². The minimum Gasteiger partial charge on any atom is -0.371 e. The van der Waals surface area contributed by atoms with Crippen molar-refractivity contribution in [2.75, 3.05) is 29.4 Å². The Morgan fingerprint density at radius 3 is 2.56 bits per heavy atom. The zero-order valence-electron chi connectivity index (χ0n) is 19.1. The van der Waals surface area contributed by atoms with Crippen LogP contribution in [0.4, 0.5) is 30.5 Å². The second-order valence-corrected chi connectivity index (χ2v) is 9.78. The van der Waals surface area contributed by atoms with Gasteiger partial charge in [-0.15, -0.1) is 0 Å². The number of anilines is 3. The highest BCUT2D eigenvalue weighted by molar-refractivity contribution is 5.59. The van der Waals surface area contributed by atoms with Crippen molar-refractivity contribution in [2.45, 2.75) is 39.2 Å². The first-order valence-electron chi connectivity index (χ1n) is 12.0. The largest absolute Gasteiger partial charge is 0.371 e. The number of piperidine rings is 1. The average Bonchev–Trinajstić information content (AvgIpc) is 3.33. The first-order chi connectivity index (χ1) is 16.5. The van der Waals surface area contributed by atoms with Crippen LogP contribution in [0.1, 0.15) is 30.8 Å². The van der Waals surface area contributed by atoms with Gasteiger partial charge in [0.15, 0.2) is 23.3 Å². The SMILES string of the molecule is Cc1cc(N2C[C@H]3CC[C@@H](C2)C3Cc2nc3n(n2)CCCN3c2ccc(F)c(F)c2F)ccn1. The molecule has 2 fully saturated rings. The summed E-state index contributed by atoms with van der Waals surface area (Å²) in [6, 6.07) is 6.47. The van der Waals surface area contributed by atoms with Gasteiger partial charge in [0.25, 0.3) is 0 Å². The van der Waals surface area contributed by atoms with Crippen molar-refractivity contribution in [1.29, 1.82) is 0 Å². The minimum atomic E-state index is -1.46. The zero-order valence-corrected chi connectivity index (χ0v) is 19.1. The molecule has 3 aromatic rings. The lowest BCUT2D eigenvalue weighted by Gasteiger charge is -2.39. The number of halogens is 3. The Balaban J connectivity index is 1.22. The third kappa shape index (κ3) is 3.61. The fraction of sp³-hybridized carbons (Fsp3) is 0.480. The number of hydrogen-bond donors (Lipinski definition) is 0. The van der Waals surface area contributed by atoms with Gasteiger partial charge < -0.3 is 9.80 Å². The second-order valence-electron chi connectivity index (χ2n) is 9.78. The first-order valence-corrected chi connectivity index (χ1v) is 12.0. The minimum absolute atomic E-state index is 0.000165. The predicted octanol–water partition coefficient (Wildman–Crippen LogP) is 4.65. The van der Waals surface area contributed by atoms with Crippen LogP contribution >= 0.6 is 0 Å². The standard InChI is InChI=1S/C25H27F3N6/c1-15-11-18(7-8-29-15)32-13-16-3-4-17(14-32)19(16)12-22-30-25-33(9-2-10-34(25)31-22)21-6-5-20(26)23(27)24(21)28/h5-8,11,16-17,19H,2-4,9-10,12-14H2,1H3/t16-,17+,19?. The fourth-order valence-electron chi connectivity index (χ4n) is 6.06. The van der Waals surface area contributed by atoms with Crippen LogP contribution in [-0.4, -0.2) is 39.4 Å². The molecule has 34 heavy (non-hydrogen) atoms. The van der Waals surface area contributed by atoms with Crippen molar-refractivity contribution < 1.29 is 13.2 Å². The van der Waals surface area contributed by atoms with E-state index in [1.165, 1.54) is 24.6 Å². The van der Waals surface area contributed by atoms with Crippen molar-refractivity contribution in [2.24, 2.45) is 17.8 Å². The van der Waals surface area contributed by atoms with Crippen molar-refractivity contribution >= 4 is 17.3 Å². The first kappa shape index (κ1) is 21.4. The number of aryl methyl sites for hydroxylation is 2. The molecule has 0 amide bonds. The zero-order chi connectivity index (χ0) is 23.4. The van der Waals surface area contributed by atoms with Gasteiger partial charge in [0.05, 0.1) is 5.69 Å². The van der Waals surface area contributed by atoms with Crippen molar-refractivity contribution in [1.82, 2.24) is 19.7 Å². The number of benzene rings is 1. The van der Waals surface area contributed by atoms with Gasteiger partial charge in [-0.2, -0.15) is 10.1 Å². The normalized spacial score (nSPS) is 23.9. The monoisotopic (exact) mass is 468 g/mol. The van der Waals surface area contributed by atoms with Crippen molar-refractivity contribution in [3.05, 3.63) is 59.4 Å². The van der Waals surface area contributed by atoms with Gasteiger partial charge in [-0.05, 0) is 68.2 Å². The summed E-state index contributed by atoms with van der Waals surface area (Å²) in [7, 11) is 0. The van der Waals surface area contributed by atoms with Crippen LogP contribution in [0.3, 0.4) is 0 Å². The Kier molecular flexibility index (Phi) is 5.22. The molecule has 4 heterocycles. The van der Waals surface area contributed by atoms with Gasteiger partial charge in [0.1, 0.15) is 0 Å². The molecule has 1 unspecified atom stereocenters. The summed E-state index contributed by atoms with van der Waals surface area (Å²) in [4.78, 5) is 13.2. The van der Waals surface area contributed by atoms with Crippen LogP contribution < -0.4 is 9.80 Å². The van der Waals surface area contributed by atoms with Gasteiger partial charge in [0, 0.05) is 50.2 Å². The number of fused-ring (bicyclic) bond motifs is 3. The molecule has 1 aliphatic carbocycles. The smallest absolute Gasteiger partial charge is 0.228 e. The summed E-state index contributed by atoms with van der Waals surface area (Å²) in [6.45, 7) is 5.22. The summed E-state index contributed by atoms with van der Waals surface area (Å²) in [5.74, 6) is -0.915. The lowest BCUT2D eigenvalue weighted by atomic mass is 9.82. The highest BCUT2D eigenvalue weighted by Gasteiger charge is 2.42. The molecule has 0 spiro atoms. The second kappa shape index (κ2) is 8.29. The predicted molar refractivity (Wildman–Crippen MR) is 123 cm³/mol. The Hall–Kier alpha value is -3.10. The van der Waals surface area contributed by atoms with Gasteiger partial charge in [-0.25, -0.2) is 17.9 Å². The van der Waals surface area contributed by atoms with E-state index < -0.39 is 17.5 Å². The number of rotatable bonds is 4. The third-order valence-corrected chi connectivity index (χ3v) is 7.69. The number of pyridine rings is 1. The van der Waals surface area contributed by atoms with E-state index in [4.69, 9.17) is 10.1 Å². The molecule has 0 N–H and O–H groups in total. The van der Waals surface area contributed by atoms with Crippen molar-refractivity contribution in [3.63, 3.8) is 0 Å². The summed E-state index contributed by atoms with van der Waals surface area (Å²) in [6.07, 6.45) is 5.79. The maximum Gasteiger partial charge on any atom is 0.228 e. The maximum atomic E-state index is 14.5. The van der Waals surface area contributed by atoms with E-state index in [1.54, 1.807) is 9.58 Å². The van der Waals surface area contributed by atoms with E-state index in [1.807, 2.05) is 13.1 Å². The van der Waals surface area contributed by atoms with Crippen LogP contribution in [0.2, 0.25) is 0 Å². The molecule has 9 heteroatoms. The lowest BCUT2D eigenvalue weighted by molar-refractivity contribution is 0.265. The molecule has 2 aromatic heterocycles. The average molecular weight is 469 g/mol. The molecular weight excluding hydrogens is 441 g/mol. The summed E-state index contributed by atoms with van der Waals surface area (Å²) in [5.41, 5.74) is 2.27. The molecule has 3 atom stereocenters. The van der Waals surface area contributed by atoms with Gasteiger partial charge >= 0.3 is 0 Å². The summed E-state index contributed by atoms with van der Waals surface area (Å²) < 4.78 is 43.6. The molecule has 2 aliphatic heterocycles. The van der Waals surface area contributed by atoms with E-state index in [0.717, 1.165) is 43.5 Å². The van der Waals surface area contributed by atoms with E-state index in [9.17, 15) is 13.2 Å². The van der Waals surface area contributed by atoms with Crippen LogP contribution in [0.25, 0.3) is 0 Å². The van der Waals surface area contributed by atoms with Gasteiger partial charge in [-0.1, -0.05) is 0 Å². The lowest BCUT2D eigenvalue weighted by Crippen LogP contribution is -2.42. The Morgan fingerprint density at radius 2 is 1.79 bits per heavy atom. The van der Waals surface area contributed by atoms with E-state index >= 15 is 0 Å². The third-order valence-electron chi connectivity index (χ3n) is 7.69. The summed E-state index contributed by atoms with van der Waals surface area (Å²) in [5, 5.41) is 4.73. The van der Waals surface area contributed by atoms with Crippen LogP contribution in [-0.2, 0) is 13.0 Å². The maximum absolute atomic E-state index is 14.5. The molecule has 2 bridgehead atoms. The Bertz CT molecular complexity index is 1210. The molecule has 6 rings (SSSR count). The molecule has 1 saturated carbocycles. The van der Waals surface area contributed by atoms with Gasteiger partial charge in [-0.3, -0.25) is 4.98 Å². The molecular formula is C25H27F3N6. The molecule has 0 radical (unpaired) electrons. The van der Waals surface area contributed by atoms with Crippen molar-refractivity contribution in [3.8, 4) is 0 Å². The van der Waals surface area contributed by atoms with Gasteiger partial charge in [0.2, 0.25) is 5.95 Å². The van der Waals surface area contributed by atoms with Crippen LogP contribution in [0, 0.1) is 42.1 Å². The quantitative estimate of drug-likeness (QED) is 0.522. The number of aromatic nitrogens is 4. The number of hydrogen-bond acceptors (Lipinski definition) is 5. The summed E-state index contributed by atoms with van der Waals surface area (Å²) >= 11 is 0. The topological polar surface area (TPSA) is 50.1 Å². The van der Waals surface area contributed by atoms with E-state index in [2.05, 4.69) is 22.0 Å². The molecule has 1 aromatic carbocycles. The highest BCUT2D eigenvalue weighted by atomic mass is 19.2. The van der Waals surface area contributed by atoms with Crippen LogP contribution in [0.15, 0.2) is 30.5 Å². The molecule has 6 nitrogen and oxygen atoms in total. The fourth-order valence-corrected chi connectivity index (χ4v) is 6.06. The number of nitrogens with zero attached hydrogens (tertiary/aromatic N) is 6. The van der Waals surface area contributed by atoms with E-state index in [-0.39, 0.29) is 5.69 Å². The molecule has 178 valence electrons. The molecule has 3 aliphatic rings. The molecule has 1 saturated heterocycles.